The topological polar surface area (TPSA) is 71.6 Å². The number of amides is 1. The number of anilines is 2. The molecule has 194 valence electrons. The summed E-state index contributed by atoms with van der Waals surface area (Å²) in [5, 5.41) is 10.4. The Kier molecular flexibility index (Phi) is 7.26. The quantitative estimate of drug-likeness (QED) is 0.432. The number of carbonyl (C=O) groups is 1. The smallest absolute Gasteiger partial charge is 0.230 e. The van der Waals surface area contributed by atoms with Crippen LogP contribution in [0.3, 0.4) is 0 Å². The Balaban J connectivity index is 1.51. The van der Waals surface area contributed by atoms with E-state index in [2.05, 4.69) is 16.0 Å². The number of ether oxygens (including phenoxy) is 2. The van der Waals surface area contributed by atoms with E-state index < -0.39 is 23.2 Å². The number of rotatable bonds is 7. The van der Waals surface area contributed by atoms with Gasteiger partial charge < -0.3 is 25.4 Å². The molecule has 2 aromatic carbocycles. The lowest BCUT2D eigenvalue weighted by atomic mass is 9.83. The molecule has 2 aliphatic heterocycles. The molecule has 2 fully saturated rings. The zero-order valence-corrected chi connectivity index (χ0v) is 21.1. The zero-order chi connectivity index (χ0) is 25.3. The van der Waals surface area contributed by atoms with Crippen molar-refractivity contribution < 1.29 is 23.0 Å². The molecule has 0 aromatic heterocycles. The summed E-state index contributed by atoms with van der Waals surface area (Å²) in [5.74, 6) is -2.19. The van der Waals surface area contributed by atoms with Gasteiger partial charge in [0.1, 0.15) is 18.3 Å². The van der Waals surface area contributed by atoms with Gasteiger partial charge in [0.25, 0.3) is 0 Å². The van der Waals surface area contributed by atoms with E-state index in [0.29, 0.717) is 35.2 Å². The first-order chi connectivity index (χ1) is 17.3. The summed E-state index contributed by atoms with van der Waals surface area (Å²) in [6, 6.07) is 7.64. The van der Waals surface area contributed by atoms with Crippen LogP contribution in [0.25, 0.3) is 0 Å². The molecule has 3 N–H and O–H groups in total. The van der Waals surface area contributed by atoms with Crippen molar-refractivity contribution in [1.29, 1.82) is 0 Å². The predicted molar refractivity (Wildman–Crippen MR) is 135 cm³/mol. The fourth-order valence-corrected chi connectivity index (χ4v) is 5.88. The average molecular weight is 520 g/mol. The number of fused-ring (bicyclic) bond motifs is 1. The third-order valence-corrected chi connectivity index (χ3v) is 7.70. The molecule has 5 rings (SSSR count). The third kappa shape index (κ3) is 5.11. The first-order valence-corrected chi connectivity index (χ1v) is 13.1. The van der Waals surface area contributed by atoms with Crippen molar-refractivity contribution in [2.24, 2.45) is 5.92 Å². The van der Waals surface area contributed by atoms with Crippen LogP contribution in [0.4, 0.5) is 20.2 Å². The van der Waals surface area contributed by atoms with Gasteiger partial charge in [-0.25, -0.2) is 8.78 Å². The SMILES string of the molecule is Cc1cc(Cl)ccc1OCC1(C(C(=O)NC2CCCC2)C2CCCCO2)Nc2cc(F)c(F)cc2N1. The number of carbonyl (C=O) groups excluding carboxylic acids is 1. The first kappa shape index (κ1) is 25.1. The second kappa shape index (κ2) is 10.4. The van der Waals surface area contributed by atoms with E-state index >= 15 is 0 Å². The molecule has 2 heterocycles. The van der Waals surface area contributed by atoms with E-state index in [9.17, 15) is 13.6 Å². The van der Waals surface area contributed by atoms with Crippen LogP contribution in [0.2, 0.25) is 5.02 Å². The predicted octanol–water partition coefficient (Wildman–Crippen LogP) is 5.78. The van der Waals surface area contributed by atoms with E-state index in [1.165, 1.54) is 0 Å². The van der Waals surface area contributed by atoms with Crippen LogP contribution in [0.15, 0.2) is 30.3 Å². The second-order valence-electron chi connectivity index (χ2n) is 10.1. The van der Waals surface area contributed by atoms with Crippen LogP contribution >= 0.6 is 11.6 Å². The van der Waals surface area contributed by atoms with Crippen LogP contribution in [-0.4, -0.2) is 36.9 Å². The summed E-state index contributed by atoms with van der Waals surface area (Å²) in [6.45, 7) is 2.45. The average Bonchev–Trinajstić information content (AvgIpc) is 3.48. The van der Waals surface area contributed by atoms with Crippen molar-refractivity contribution in [3.8, 4) is 5.75 Å². The molecule has 1 aliphatic carbocycles. The maximum atomic E-state index is 14.2. The summed E-state index contributed by atoms with van der Waals surface area (Å²) in [6.07, 6.45) is 6.22. The molecule has 6 nitrogen and oxygen atoms in total. The molecule has 36 heavy (non-hydrogen) atoms. The minimum absolute atomic E-state index is 0.00992. The molecular weight excluding hydrogens is 488 g/mol. The normalized spacial score (nSPS) is 21.8. The molecule has 9 heteroatoms. The minimum atomic E-state index is -1.20. The number of benzene rings is 2. The molecular formula is C27H32ClF2N3O3. The van der Waals surface area contributed by atoms with Gasteiger partial charge in [-0.15, -0.1) is 0 Å². The molecule has 1 amide bonds. The van der Waals surface area contributed by atoms with Crippen LogP contribution in [-0.2, 0) is 9.53 Å². The van der Waals surface area contributed by atoms with Crippen LogP contribution < -0.4 is 20.7 Å². The maximum absolute atomic E-state index is 14.2. The lowest BCUT2D eigenvalue weighted by Crippen LogP contribution is -2.63. The standard InChI is InChI=1S/C27H32ClF2N3O3/c1-16-12-17(28)9-10-23(16)36-15-27(32-21-13-19(29)20(30)14-22(21)33-27)25(24-8-4-5-11-35-24)26(34)31-18-6-2-3-7-18/h9-10,12-14,18,24-25,32-33H,2-8,11,15H2,1H3,(H,31,34). The van der Waals surface area contributed by atoms with E-state index in [1.54, 1.807) is 18.2 Å². The van der Waals surface area contributed by atoms with Gasteiger partial charge in [-0.3, -0.25) is 4.79 Å². The summed E-state index contributed by atoms with van der Waals surface area (Å²) >= 11 is 6.12. The van der Waals surface area contributed by atoms with Crippen molar-refractivity contribution in [3.63, 3.8) is 0 Å². The Labute approximate surface area is 215 Å². The summed E-state index contributed by atoms with van der Waals surface area (Å²) < 4.78 is 40.7. The Morgan fingerprint density at radius 3 is 2.39 bits per heavy atom. The van der Waals surface area contributed by atoms with Crippen LogP contribution in [0, 0.1) is 24.5 Å². The third-order valence-electron chi connectivity index (χ3n) is 7.47. The Morgan fingerprint density at radius 2 is 1.78 bits per heavy atom. The number of hydrogen-bond acceptors (Lipinski definition) is 5. The molecule has 2 unspecified atom stereocenters. The van der Waals surface area contributed by atoms with E-state index in [1.807, 2.05) is 6.92 Å². The Hall–Kier alpha value is -2.58. The highest BCUT2D eigenvalue weighted by molar-refractivity contribution is 6.30. The highest BCUT2D eigenvalue weighted by Crippen LogP contribution is 2.42. The largest absolute Gasteiger partial charge is 0.489 e. The van der Waals surface area contributed by atoms with Crippen molar-refractivity contribution in [1.82, 2.24) is 5.32 Å². The monoisotopic (exact) mass is 519 g/mol. The van der Waals surface area contributed by atoms with Crippen molar-refractivity contribution in [3.05, 3.63) is 52.6 Å². The number of hydrogen-bond donors (Lipinski definition) is 3. The van der Waals surface area contributed by atoms with Crippen molar-refractivity contribution >= 4 is 28.9 Å². The summed E-state index contributed by atoms with van der Waals surface area (Å²) in [7, 11) is 0. The van der Waals surface area contributed by atoms with E-state index in [-0.39, 0.29) is 24.7 Å². The van der Waals surface area contributed by atoms with Gasteiger partial charge in [0.15, 0.2) is 17.3 Å². The number of halogens is 3. The van der Waals surface area contributed by atoms with Gasteiger partial charge in [0.05, 0.1) is 17.5 Å². The molecule has 2 atom stereocenters. The van der Waals surface area contributed by atoms with Crippen molar-refractivity contribution in [2.75, 3.05) is 23.8 Å². The number of aryl methyl sites for hydroxylation is 1. The Bertz CT molecular complexity index is 1090. The molecule has 1 saturated carbocycles. The van der Waals surface area contributed by atoms with Gasteiger partial charge >= 0.3 is 0 Å². The fraction of sp³-hybridized carbons (Fsp3) is 0.519. The molecule has 3 aliphatic rings. The molecule has 1 saturated heterocycles. The lowest BCUT2D eigenvalue weighted by molar-refractivity contribution is -0.136. The first-order valence-electron chi connectivity index (χ1n) is 12.7. The van der Waals surface area contributed by atoms with Crippen molar-refractivity contribution in [2.45, 2.75) is 69.7 Å². The van der Waals surface area contributed by atoms with Gasteiger partial charge in [-0.1, -0.05) is 24.4 Å². The summed E-state index contributed by atoms with van der Waals surface area (Å²) in [4.78, 5) is 13.9. The molecule has 2 aromatic rings. The highest BCUT2D eigenvalue weighted by Gasteiger charge is 2.53. The minimum Gasteiger partial charge on any atom is -0.489 e. The van der Waals surface area contributed by atoms with Crippen LogP contribution in [0.5, 0.6) is 5.75 Å². The number of nitrogens with one attached hydrogen (secondary N) is 3. The maximum Gasteiger partial charge on any atom is 0.230 e. The molecule has 0 radical (unpaired) electrons. The second-order valence-corrected chi connectivity index (χ2v) is 10.5. The van der Waals surface area contributed by atoms with Gasteiger partial charge in [-0.05, 0) is 62.8 Å². The van der Waals surface area contributed by atoms with Gasteiger partial charge in [-0.2, -0.15) is 0 Å². The summed E-state index contributed by atoms with van der Waals surface area (Å²) in [5.41, 5.74) is 0.394. The zero-order valence-electron chi connectivity index (χ0n) is 20.3. The van der Waals surface area contributed by atoms with Gasteiger partial charge in [0.2, 0.25) is 5.91 Å². The fourth-order valence-electron chi connectivity index (χ4n) is 5.65. The van der Waals surface area contributed by atoms with E-state index in [0.717, 1.165) is 56.2 Å². The Morgan fingerprint density at radius 1 is 1.11 bits per heavy atom. The molecule has 0 spiro atoms. The highest BCUT2D eigenvalue weighted by atomic mass is 35.5. The van der Waals surface area contributed by atoms with Gasteiger partial charge in [0, 0.05) is 29.8 Å². The lowest BCUT2D eigenvalue weighted by Gasteiger charge is -2.42. The van der Waals surface area contributed by atoms with Crippen LogP contribution in [0.1, 0.15) is 50.5 Å². The molecule has 0 bridgehead atoms. The van der Waals surface area contributed by atoms with E-state index in [4.69, 9.17) is 21.1 Å².